The lowest BCUT2D eigenvalue weighted by atomic mass is 10.2. The van der Waals surface area contributed by atoms with Gasteiger partial charge in [-0.3, -0.25) is 9.59 Å². The number of hydrogen-bond acceptors (Lipinski definition) is 5. The highest BCUT2D eigenvalue weighted by molar-refractivity contribution is 7.07. The number of ether oxygens (including phenoxy) is 1. The van der Waals surface area contributed by atoms with E-state index in [1.165, 1.54) is 18.4 Å². The minimum atomic E-state index is -0.338. The summed E-state index contributed by atoms with van der Waals surface area (Å²) < 4.78 is 5.16. The first-order valence-corrected chi connectivity index (χ1v) is 7.64. The molecule has 2 N–H and O–H groups in total. The summed E-state index contributed by atoms with van der Waals surface area (Å²) in [6, 6.07) is 5.06. The monoisotopic (exact) mass is 319 g/mol. The summed E-state index contributed by atoms with van der Waals surface area (Å²) in [5.41, 5.74) is 2.89. The average molecular weight is 319 g/mol. The van der Waals surface area contributed by atoms with E-state index in [9.17, 15) is 9.59 Å². The van der Waals surface area contributed by atoms with Crippen LogP contribution in [-0.2, 0) is 4.79 Å². The Labute approximate surface area is 132 Å². The minimum absolute atomic E-state index is 0.130. The van der Waals surface area contributed by atoms with Gasteiger partial charge in [0.05, 0.1) is 24.0 Å². The van der Waals surface area contributed by atoms with Crippen LogP contribution in [0.15, 0.2) is 29.1 Å². The molecular formula is C15H17N3O3S. The lowest BCUT2D eigenvalue weighted by molar-refractivity contribution is -0.118. The van der Waals surface area contributed by atoms with Crippen molar-refractivity contribution in [3.63, 3.8) is 0 Å². The number of amides is 2. The maximum absolute atomic E-state index is 12.1. The summed E-state index contributed by atoms with van der Waals surface area (Å²) in [4.78, 5) is 28.0. The quantitative estimate of drug-likeness (QED) is 0.888. The second kappa shape index (κ2) is 7.04. The molecule has 1 aromatic heterocycles. The zero-order valence-corrected chi connectivity index (χ0v) is 13.4. The number of benzene rings is 1. The highest BCUT2D eigenvalue weighted by atomic mass is 32.1. The molecule has 2 amide bonds. The normalized spacial score (nSPS) is 10.4. The molecule has 2 rings (SSSR count). The number of nitrogens with zero attached hydrogens (tertiary/aromatic N) is 1. The molecule has 0 unspecified atom stereocenters. The molecule has 116 valence electrons. The molecule has 6 nitrogen and oxygen atoms in total. The van der Waals surface area contributed by atoms with Gasteiger partial charge in [-0.05, 0) is 12.1 Å². The van der Waals surface area contributed by atoms with Gasteiger partial charge in [0.25, 0.3) is 5.91 Å². The van der Waals surface area contributed by atoms with Crippen LogP contribution in [0, 0.1) is 5.92 Å². The highest BCUT2D eigenvalue weighted by Gasteiger charge is 2.14. The Morgan fingerprint density at radius 1 is 1.23 bits per heavy atom. The molecule has 22 heavy (non-hydrogen) atoms. The third-order valence-corrected chi connectivity index (χ3v) is 3.51. The van der Waals surface area contributed by atoms with Crippen LogP contribution in [0.3, 0.4) is 0 Å². The first kappa shape index (κ1) is 16.0. The molecule has 7 heteroatoms. The minimum Gasteiger partial charge on any atom is -0.497 e. The maximum Gasteiger partial charge on any atom is 0.275 e. The third-order valence-electron chi connectivity index (χ3n) is 2.92. The number of thiazole rings is 1. The molecular weight excluding hydrogens is 302 g/mol. The van der Waals surface area contributed by atoms with Crippen LogP contribution in [0.25, 0.3) is 0 Å². The van der Waals surface area contributed by atoms with Gasteiger partial charge in [0.15, 0.2) is 0 Å². The van der Waals surface area contributed by atoms with Gasteiger partial charge >= 0.3 is 0 Å². The van der Waals surface area contributed by atoms with Crippen molar-refractivity contribution < 1.29 is 14.3 Å². The van der Waals surface area contributed by atoms with Crippen LogP contribution in [0.1, 0.15) is 24.3 Å². The number of hydrogen-bond donors (Lipinski definition) is 2. The van der Waals surface area contributed by atoms with Crippen molar-refractivity contribution in [3.8, 4) is 5.75 Å². The van der Waals surface area contributed by atoms with Gasteiger partial charge in [0.2, 0.25) is 5.91 Å². The SMILES string of the molecule is COc1ccc(NC(=O)C(C)C)c(NC(=O)c2cscn2)c1. The fraction of sp³-hybridized carbons (Fsp3) is 0.267. The highest BCUT2D eigenvalue weighted by Crippen LogP contribution is 2.28. The number of rotatable bonds is 5. The summed E-state index contributed by atoms with van der Waals surface area (Å²) in [5.74, 6) is -0.0517. The lowest BCUT2D eigenvalue weighted by Gasteiger charge is -2.14. The molecule has 0 saturated heterocycles. The Kier molecular flexibility index (Phi) is 5.11. The lowest BCUT2D eigenvalue weighted by Crippen LogP contribution is -2.20. The van der Waals surface area contributed by atoms with Gasteiger partial charge in [-0.2, -0.15) is 0 Å². The third kappa shape index (κ3) is 3.82. The molecule has 0 saturated carbocycles. The first-order valence-electron chi connectivity index (χ1n) is 6.69. The van der Waals surface area contributed by atoms with E-state index in [0.29, 0.717) is 22.8 Å². The van der Waals surface area contributed by atoms with Crippen LogP contribution >= 0.6 is 11.3 Å². The number of carbonyl (C=O) groups is 2. The van der Waals surface area contributed by atoms with Gasteiger partial charge in [-0.1, -0.05) is 13.8 Å². The second-order valence-electron chi connectivity index (χ2n) is 4.88. The van der Waals surface area contributed by atoms with E-state index in [1.807, 2.05) is 0 Å². The zero-order valence-electron chi connectivity index (χ0n) is 12.5. The molecule has 0 atom stereocenters. The van der Waals surface area contributed by atoms with Crippen molar-refractivity contribution in [1.82, 2.24) is 4.98 Å². The Balaban J connectivity index is 2.26. The van der Waals surface area contributed by atoms with Crippen LogP contribution in [-0.4, -0.2) is 23.9 Å². The first-order chi connectivity index (χ1) is 10.5. The van der Waals surface area contributed by atoms with E-state index in [2.05, 4.69) is 15.6 Å². The Morgan fingerprint density at radius 3 is 2.59 bits per heavy atom. The van der Waals surface area contributed by atoms with Crippen LogP contribution in [0.4, 0.5) is 11.4 Å². The molecule has 1 heterocycles. The molecule has 0 spiro atoms. The van der Waals surface area contributed by atoms with Gasteiger partial charge in [0.1, 0.15) is 11.4 Å². The second-order valence-corrected chi connectivity index (χ2v) is 5.60. The number of methoxy groups -OCH3 is 1. The summed E-state index contributed by atoms with van der Waals surface area (Å²) >= 11 is 1.34. The number of nitrogens with one attached hydrogen (secondary N) is 2. The predicted octanol–water partition coefficient (Wildman–Crippen LogP) is 3.00. The Morgan fingerprint density at radius 2 is 2.00 bits per heavy atom. The van der Waals surface area contributed by atoms with Crippen molar-refractivity contribution in [2.24, 2.45) is 5.92 Å². The fourth-order valence-electron chi connectivity index (χ4n) is 1.65. The number of carbonyl (C=O) groups excluding carboxylic acids is 2. The largest absolute Gasteiger partial charge is 0.497 e. The van der Waals surface area contributed by atoms with Gasteiger partial charge in [-0.25, -0.2) is 4.98 Å². The molecule has 0 aliphatic rings. The molecule has 1 aromatic carbocycles. The van der Waals surface area contributed by atoms with Gasteiger partial charge in [-0.15, -0.1) is 11.3 Å². The molecule has 0 aliphatic heterocycles. The zero-order chi connectivity index (χ0) is 16.1. The van der Waals surface area contributed by atoms with E-state index in [0.717, 1.165) is 0 Å². The molecule has 0 fully saturated rings. The van der Waals surface area contributed by atoms with Crippen molar-refractivity contribution in [2.75, 3.05) is 17.7 Å². The molecule has 2 aromatic rings. The predicted molar refractivity (Wildman–Crippen MR) is 86.5 cm³/mol. The van der Waals surface area contributed by atoms with Crippen LogP contribution in [0.5, 0.6) is 5.75 Å². The Bertz CT molecular complexity index is 669. The molecule has 0 radical (unpaired) electrons. The summed E-state index contributed by atoms with van der Waals surface area (Å²) in [7, 11) is 1.54. The average Bonchev–Trinajstić information content (AvgIpc) is 3.03. The van der Waals surface area contributed by atoms with E-state index < -0.39 is 0 Å². The van der Waals surface area contributed by atoms with Gasteiger partial charge in [0, 0.05) is 17.4 Å². The van der Waals surface area contributed by atoms with Crippen molar-refractivity contribution in [1.29, 1.82) is 0 Å². The fourth-order valence-corrected chi connectivity index (χ4v) is 2.18. The summed E-state index contributed by atoms with van der Waals surface area (Å²) in [6.45, 7) is 3.60. The summed E-state index contributed by atoms with van der Waals surface area (Å²) in [6.07, 6.45) is 0. The summed E-state index contributed by atoms with van der Waals surface area (Å²) in [5, 5.41) is 7.18. The molecule has 0 aliphatic carbocycles. The van der Waals surface area contributed by atoms with Crippen molar-refractivity contribution >= 4 is 34.5 Å². The van der Waals surface area contributed by atoms with E-state index in [-0.39, 0.29) is 17.7 Å². The Hall–Kier alpha value is -2.41. The van der Waals surface area contributed by atoms with E-state index in [4.69, 9.17) is 4.74 Å². The van der Waals surface area contributed by atoms with Crippen molar-refractivity contribution in [2.45, 2.75) is 13.8 Å². The standard InChI is InChI=1S/C15H17N3O3S/c1-9(2)14(19)17-11-5-4-10(21-3)6-12(11)18-15(20)13-7-22-8-16-13/h4-9H,1-3H3,(H,17,19)(H,18,20). The number of aromatic nitrogens is 1. The molecule has 0 bridgehead atoms. The van der Waals surface area contributed by atoms with E-state index >= 15 is 0 Å². The van der Waals surface area contributed by atoms with Crippen LogP contribution < -0.4 is 15.4 Å². The number of anilines is 2. The van der Waals surface area contributed by atoms with Crippen LogP contribution in [0.2, 0.25) is 0 Å². The topological polar surface area (TPSA) is 80.3 Å². The maximum atomic E-state index is 12.1. The van der Waals surface area contributed by atoms with Crippen molar-refractivity contribution in [3.05, 3.63) is 34.8 Å². The smallest absolute Gasteiger partial charge is 0.275 e. The van der Waals surface area contributed by atoms with Gasteiger partial charge < -0.3 is 15.4 Å². The van der Waals surface area contributed by atoms with E-state index in [1.54, 1.807) is 42.9 Å².